The quantitative estimate of drug-likeness (QED) is 0.860. The Kier molecular flexibility index (Phi) is 4.68. The van der Waals surface area contributed by atoms with Crippen molar-refractivity contribution in [3.05, 3.63) is 36.0 Å². The van der Waals surface area contributed by atoms with Crippen molar-refractivity contribution < 1.29 is 9.53 Å². The number of carbonyl (C=O) groups is 1. The summed E-state index contributed by atoms with van der Waals surface area (Å²) in [5.74, 6) is -0.179. The highest BCUT2D eigenvalue weighted by atomic mass is 16.5. The minimum Gasteiger partial charge on any atom is -0.469 e. The van der Waals surface area contributed by atoms with Gasteiger partial charge in [-0.2, -0.15) is 0 Å². The van der Waals surface area contributed by atoms with E-state index in [0.717, 1.165) is 6.54 Å². The van der Waals surface area contributed by atoms with Crippen LogP contribution in [0.2, 0.25) is 0 Å². The van der Waals surface area contributed by atoms with Crippen molar-refractivity contribution in [3.63, 3.8) is 0 Å². The molecule has 0 amide bonds. The van der Waals surface area contributed by atoms with E-state index in [9.17, 15) is 4.79 Å². The number of aromatic nitrogens is 1. The van der Waals surface area contributed by atoms with E-state index in [2.05, 4.69) is 54.9 Å². The molecule has 0 spiro atoms. The van der Waals surface area contributed by atoms with Gasteiger partial charge in [0.15, 0.2) is 0 Å². The normalized spacial score (nSPS) is 11.8. The number of benzene rings is 1. The molecule has 2 aromatic rings. The first-order valence-electron chi connectivity index (χ1n) is 7.29. The number of methoxy groups -OCH3 is 1. The van der Waals surface area contributed by atoms with Gasteiger partial charge < -0.3 is 14.6 Å². The molecular formula is C17H24N2O2. The number of hydrogen-bond donors (Lipinski definition) is 1. The van der Waals surface area contributed by atoms with Gasteiger partial charge in [0.2, 0.25) is 0 Å². The van der Waals surface area contributed by atoms with Crippen molar-refractivity contribution in [1.29, 1.82) is 0 Å². The van der Waals surface area contributed by atoms with E-state index in [0.29, 0.717) is 13.0 Å². The zero-order valence-corrected chi connectivity index (χ0v) is 13.3. The number of ether oxygens (including phenoxy) is 1. The molecule has 0 saturated carbocycles. The molecule has 114 valence electrons. The van der Waals surface area contributed by atoms with Crippen LogP contribution >= 0.6 is 0 Å². The van der Waals surface area contributed by atoms with Crippen LogP contribution in [0.15, 0.2) is 30.5 Å². The lowest BCUT2D eigenvalue weighted by Gasteiger charge is -2.21. The lowest BCUT2D eigenvalue weighted by Crippen LogP contribution is -2.35. The number of esters is 1. The van der Waals surface area contributed by atoms with Gasteiger partial charge in [0.1, 0.15) is 0 Å². The number of carbonyl (C=O) groups excluding carboxylic acids is 1. The van der Waals surface area contributed by atoms with Crippen LogP contribution in [0.3, 0.4) is 0 Å². The van der Waals surface area contributed by atoms with E-state index < -0.39 is 0 Å². The van der Waals surface area contributed by atoms with Crippen molar-refractivity contribution in [2.24, 2.45) is 0 Å². The Labute approximate surface area is 126 Å². The Morgan fingerprint density at radius 3 is 2.71 bits per heavy atom. The molecule has 1 aromatic carbocycles. The molecule has 21 heavy (non-hydrogen) atoms. The number of nitrogens with one attached hydrogen (secondary N) is 1. The molecule has 1 heterocycles. The summed E-state index contributed by atoms with van der Waals surface area (Å²) < 4.78 is 6.85. The van der Waals surface area contributed by atoms with Crippen molar-refractivity contribution in [2.75, 3.05) is 7.11 Å². The van der Waals surface area contributed by atoms with Crippen molar-refractivity contribution in [2.45, 2.75) is 45.8 Å². The minimum atomic E-state index is -0.179. The van der Waals surface area contributed by atoms with Gasteiger partial charge in [0.25, 0.3) is 0 Å². The SMILES string of the molecule is COC(=O)CCn1ccc2cccc(CNC(C)(C)C)c21. The molecule has 1 aromatic heterocycles. The average Bonchev–Trinajstić information content (AvgIpc) is 2.85. The smallest absolute Gasteiger partial charge is 0.307 e. The van der Waals surface area contributed by atoms with E-state index in [1.165, 1.54) is 23.6 Å². The molecule has 4 nitrogen and oxygen atoms in total. The average molecular weight is 288 g/mol. The van der Waals surface area contributed by atoms with Crippen LogP contribution in [0.5, 0.6) is 0 Å². The van der Waals surface area contributed by atoms with Crippen LogP contribution in [0.1, 0.15) is 32.8 Å². The molecule has 0 radical (unpaired) electrons. The second-order valence-corrected chi connectivity index (χ2v) is 6.29. The number of nitrogens with zero attached hydrogens (tertiary/aromatic N) is 1. The number of rotatable bonds is 5. The lowest BCUT2D eigenvalue weighted by atomic mass is 10.1. The van der Waals surface area contributed by atoms with Gasteiger partial charge in [-0.3, -0.25) is 4.79 Å². The maximum Gasteiger partial charge on any atom is 0.307 e. The Hall–Kier alpha value is -1.81. The molecule has 0 bridgehead atoms. The first-order chi connectivity index (χ1) is 9.90. The summed E-state index contributed by atoms with van der Waals surface area (Å²) in [5, 5.41) is 4.72. The zero-order valence-electron chi connectivity index (χ0n) is 13.3. The van der Waals surface area contributed by atoms with Gasteiger partial charge in [-0.1, -0.05) is 18.2 Å². The molecule has 1 N–H and O–H groups in total. The van der Waals surface area contributed by atoms with Gasteiger partial charge in [0.05, 0.1) is 19.0 Å². The van der Waals surface area contributed by atoms with Gasteiger partial charge in [-0.05, 0) is 37.8 Å². The lowest BCUT2D eigenvalue weighted by molar-refractivity contribution is -0.140. The Morgan fingerprint density at radius 2 is 2.05 bits per heavy atom. The van der Waals surface area contributed by atoms with E-state index in [-0.39, 0.29) is 11.5 Å². The summed E-state index contributed by atoms with van der Waals surface area (Å²) in [6.45, 7) is 7.92. The highest BCUT2D eigenvalue weighted by molar-refractivity contribution is 5.83. The van der Waals surface area contributed by atoms with Gasteiger partial charge in [0, 0.05) is 24.8 Å². The third-order valence-electron chi connectivity index (χ3n) is 3.47. The van der Waals surface area contributed by atoms with Crippen molar-refractivity contribution in [1.82, 2.24) is 9.88 Å². The monoisotopic (exact) mass is 288 g/mol. The van der Waals surface area contributed by atoms with E-state index in [1.807, 2.05) is 6.20 Å². The molecule has 4 heteroatoms. The molecule has 0 aliphatic carbocycles. The standard InChI is InChI=1S/C17H24N2O2/c1-17(2,3)18-12-14-7-5-6-13-8-10-19(16(13)14)11-9-15(20)21-4/h5-8,10,18H,9,11-12H2,1-4H3. The summed E-state index contributed by atoms with van der Waals surface area (Å²) in [4.78, 5) is 11.3. The molecule has 0 aliphatic rings. The molecule has 0 atom stereocenters. The second kappa shape index (κ2) is 6.31. The fourth-order valence-electron chi connectivity index (χ4n) is 2.34. The van der Waals surface area contributed by atoms with Crippen molar-refractivity contribution in [3.8, 4) is 0 Å². The molecule has 0 aliphatic heterocycles. The summed E-state index contributed by atoms with van der Waals surface area (Å²) in [5.41, 5.74) is 2.52. The summed E-state index contributed by atoms with van der Waals surface area (Å²) in [6.07, 6.45) is 2.43. The van der Waals surface area contributed by atoms with Gasteiger partial charge >= 0.3 is 5.97 Å². The maximum atomic E-state index is 11.3. The third kappa shape index (κ3) is 4.08. The molecule has 0 fully saturated rings. The van der Waals surface area contributed by atoms with Crippen LogP contribution < -0.4 is 5.32 Å². The van der Waals surface area contributed by atoms with Gasteiger partial charge in [-0.25, -0.2) is 0 Å². The molecule has 0 unspecified atom stereocenters. The minimum absolute atomic E-state index is 0.0750. The second-order valence-electron chi connectivity index (χ2n) is 6.29. The first-order valence-corrected chi connectivity index (χ1v) is 7.29. The van der Waals surface area contributed by atoms with Crippen LogP contribution in [0.25, 0.3) is 10.9 Å². The van der Waals surface area contributed by atoms with Crippen molar-refractivity contribution >= 4 is 16.9 Å². The zero-order chi connectivity index (χ0) is 15.5. The summed E-state index contributed by atoms with van der Waals surface area (Å²) >= 11 is 0. The first kappa shape index (κ1) is 15.6. The van der Waals surface area contributed by atoms with E-state index >= 15 is 0 Å². The van der Waals surface area contributed by atoms with Crippen LogP contribution in [-0.4, -0.2) is 23.2 Å². The number of para-hydroxylation sites is 1. The highest BCUT2D eigenvalue weighted by Crippen LogP contribution is 2.21. The van der Waals surface area contributed by atoms with Crippen LogP contribution in [0.4, 0.5) is 0 Å². The van der Waals surface area contributed by atoms with E-state index in [4.69, 9.17) is 4.74 Å². The molecular weight excluding hydrogens is 264 g/mol. The molecule has 0 saturated heterocycles. The van der Waals surface area contributed by atoms with E-state index in [1.54, 1.807) is 0 Å². The number of hydrogen-bond acceptors (Lipinski definition) is 3. The number of aryl methyl sites for hydroxylation is 1. The fourth-order valence-corrected chi connectivity index (χ4v) is 2.34. The summed E-state index contributed by atoms with van der Waals surface area (Å²) in [7, 11) is 1.43. The topological polar surface area (TPSA) is 43.3 Å². The fraction of sp³-hybridized carbons (Fsp3) is 0.471. The third-order valence-corrected chi connectivity index (χ3v) is 3.47. The largest absolute Gasteiger partial charge is 0.469 e. The summed E-state index contributed by atoms with van der Waals surface area (Å²) in [6, 6.07) is 8.40. The predicted octanol–water partition coefficient (Wildman–Crippen LogP) is 3.09. The van der Waals surface area contributed by atoms with Crippen LogP contribution in [0, 0.1) is 0 Å². The maximum absolute atomic E-state index is 11.3. The van der Waals surface area contributed by atoms with Crippen LogP contribution in [-0.2, 0) is 22.6 Å². The Bertz CT molecular complexity index is 623. The van der Waals surface area contributed by atoms with Gasteiger partial charge in [-0.15, -0.1) is 0 Å². The highest BCUT2D eigenvalue weighted by Gasteiger charge is 2.12. The Morgan fingerprint density at radius 1 is 1.29 bits per heavy atom. The molecule has 2 rings (SSSR count). The number of fused-ring (bicyclic) bond motifs is 1. The Balaban J connectivity index is 2.24. The predicted molar refractivity (Wildman–Crippen MR) is 85.2 cm³/mol.